The summed E-state index contributed by atoms with van der Waals surface area (Å²) in [5.74, 6) is 1.95. The van der Waals surface area contributed by atoms with Crippen LogP contribution >= 0.6 is 11.3 Å². The van der Waals surface area contributed by atoms with E-state index in [1.165, 1.54) is 0 Å². The number of benzene rings is 1. The van der Waals surface area contributed by atoms with E-state index in [1.807, 2.05) is 44.2 Å². The van der Waals surface area contributed by atoms with Crippen LogP contribution < -0.4 is 15.2 Å². The molecule has 2 aromatic heterocycles. The van der Waals surface area contributed by atoms with Crippen LogP contribution in [0.4, 0.5) is 5.95 Å². The molecule has 0 aliphatic rings. The maximum absolute atomic E-state index is 5.92. The first-order valence-electron chi connectivity index (χ1n) is 6.60. The third-order valence-electron chi connectivity index (χ3n) is 2.85. The van der Waals surface area contributed by atoms with E-state index in [4.69, 9.17) is 15.2 Å². The van der Waals surface area contributed by atoms with Crippen molar-refractivity contribution in [2.24, 2.45) is 0 Å². The zero-order valence-corrected chi connectivity index (χ0v) is 12.6. The molecule has 0 unspecified atom stereocenters. The van der Waals surface area contributed by atoms with Gasteiger partial charge >= 0.3 is 0 Å². The van der Waals surface area contributed by atoms with Gasteiger partial charge in [0.05, 0.1) is 12.0 Å². The second-order valence-electron chi connectivity index (χ2n) is 4.44. The fraction of sp³-hybridized carbons (Fsp3) is 0.200. The molecule has 0 aliphatic heterocycles. The first-order valence-corrected chi connectivity index (χ1v) is 7.42. The Hall–Kier alpha value is -2.34. The number of aromatic nitrogens is 2. The van der Waals surface area contributed by atoms with Crippen LogP contribution in [0.3, 0.4) is 0 Å². The summed E-state index contributed by atoms with van der Waals surface area (Å²) < 4.78 is 11.5. The maximum Gasteiger partial charge on any atom is 0.233 e. The number of nitrogen functional groups attached to an aromatic ring is 1. The van der Waals surface area contributed by atoms with Crippen LogP contribution in [0, 0.1) is 6.92 Å². The monoisotopic (exact) mass is 301 g/mol. The minimum Gasteiger partial charge on any atom is -0.490 e. The van der Waals surface area contributed by atoms with Crippen LogP contribution in [0.1, 0.15) is 11.8 Å². The Morgan fingerprint density at radius 2 is 1.95 bits per heavy atom. The number of hydrogen-bond donors (Lipinski definition) is 1. The SMILES string of the molecule is CCOc1ccccc1Oc1nc(N)nc2sc(C)cc12. The van der Waals surface area contributed by atoms with Crippen LogP contribution in [-0.2, 0) is 0 Å². The topological polar surface area (TPSA) is 70.3 Å². The number of hydrogen-bond acceptors (Lipinski definition) is 6. The molecule has 0 amide bonds. The molecule has 0 bridgehead atoms. The van der Waals surface area contributed by atoms with E-state index < -0.39 is 0 Å². The second kappa shape index (κ2) is 5.57. The van der Waals surface area contributed by atoms with Crippen molar-refractivity contribution in [3.05, 3.63) is 35.2 Å². The highest BCUT2D eigenvalue weighted by atomic mass is 32.1. The zero-order valence-electron chi connectivity index (χ0n) is 11.8. The zero-order chi connectivity index (χ0) is 14.8. The molecule has 3 rings (SSSR count). The van der Waals surface area contributed by atoms with Crippen molar-refractivity contribution in [1.82, 2.24) is 9.97 Å². The molecule has 0 saturated carbocycles. The molecule has 21 heavy (non-hydrogen) atoms. The van der Waals surface area contributed by atoms with Gasteiger partial charge in [0, 0.05) is 4.88 Å². The Bertz CT molecular complexity index is 786. The van der Waals surface area contributed by atoms with E-state index in [1.54, 1.807) is 11.3 Å². The second-order valence-corrected chi connectivity index (χ2v) is 5.68. The summed E-state index contributed by atoms with van der Waals surface area (Å²) in [5.41, 5.74) is 5.76. The number of aryl methyl sites for hydroxylation is 1. The molecule has 1 aromatic carbocycles. The third kappa shape index (κ3) is 2.75. The van der Waals surface area contributed by atoms with Crippen LogP contribution in [0.25, 0.3) is 10.2 Å². The molecule has 6 heteroatoms. The number of thiophene rings is 1. The molecule has 0 radical (unpaired) electrons. The van der Waals surface area contributed by atoms with E-state index in [-0.39, 0.29) is 5.95 Å². The van der Waals surface area contributed by atoms with E-state index in [0.717, 1.165) is 15.1 Å². The van der Waals surface area contributed by atoms with Gasteiger partial charge in [-0.1, -0.05) is 12.1 Å². The van der Waals surface area contributed by atoms with Crippen molar-refractivity contribution < 1.29 is 9.47 Å². The predicted octanol–water partition coefficient (Wildman–Crippen LogP) is 3.77. The summed E-state index contributed by atoms with van der Waals surface area (Å²) in [4.78, 5) is 10.4. The molecular formula is C15H15N3O2S. The average Bonchev–Trinajstić information content (AvgIpc) is 2.81. The van der Waals surface area contributed by atoms with Crippen molar-refractivity contribution in [2.75, 3.05) is 12.3 Å². The fourth-order valence-corrected chi connectivity index (χ4v) is 2.90. The lowest BCUT2D eigenvalue weighted by Gasteiger charge is -2.11. The Morgan fingerprint density at radius 1 is 1.19 bits per heavy atom. The molecule has 3 aromatic rings. The van der Waals surface area contributed by atoms with E-state index in [0.29, 0.717) is 24.0 Å². The van der Waals surface area contributed by atoms with Gasteiger partial charge in [0.1, 0.15) is 4.83 Å². The first kappa shape index (κ1) is 13.6. The summed E-state index contributed by atoms with van der Waals surface area (Å²) >= 11 is 1.56. The number of nitrogens with zero attached hydrogens (tertiary/aromatic N) is 2. The predicted molar refractivity (Wildman–Crippen MR) is 84.2 cm³/mol. The summed E-state index contributed by atoms with van der Waals surface area (Å²) in [6, 6.07) is 9.49. The number of fused-ring (bicyclic) bond motifs is 1. The molecular weight excluding hydrogens is 286 g/mol. The number of ether oxygens (including phenoxy) is 2. The van der Waals surface area contributed by atoms with Crippen LogP contribution in [0.15, 0.2) is 30.3 Å². The highest BCUT2D eigenvalue weighted by Crippen LogP contribution is 2.36. The summed E-state index contributed by atoms with van der Waals surface area (Å²) in [6.07, 6.45) is 0. The van der Waals surface area contributed by atoms with Crippen molar-refractivity contribution in [2.45, 2.75) is 13.8 Å². The van der Waals surface area contributed by atoms with Gasteiger partial charge in [-0.15, -0.1) is 11.3 Å². The highest BCUT2D eigenvalue weighted by Gasteiger charge is 2.13. The lowest BCUT2D eigenvalue weighted by molar-refractivity contribution is 0.320. The third-order valence-corrected chi connectivity index (χ3v) is 3.80. The standard InChI is InChI=1S/C15H15N3O2S/c1-3-19-11-6-4-5-7-12(11)20-13-10-8-9(2)21-14(10)18-15(16)17-13/h4-8H,3H2,1-2H3,(H2,16,17,18). The van der Waals surface area contributed by atoms with Gasteiger partial charge < -0.3 is 15.2 Å². The van der Waals surface area contributed by atoms with Gasteiger partial charge in [0.25, 0.3) is 0 Å². The molecule has 108 valence electrons. The molecule has 0 aliphatic carbocycles. The number of para-hydroxylation sites is 2. The van der Waals surface area contributed by atoms with Gasteiger partial charge in [0.2, 0.25) is 11.8 Å². The number of nitrogens with two attached hydrogens (primary N) is 1. The van der Waals surface area contributed by atoms with Crippen molar-refractivity contribution in [3.63, 3.8) is 0 Å². The van der Waals surface area contributed by atoms with Crippen molar-refractivity contribution in [1.29, 1.82) is 0 Å². The quantitative estimate of drug-likeness (QED) is 0.794. The summed E-state index contributed by atoms with van der Waals surface area (Å²) in [6.45, 7) is 4.51. The average molecular weight is 301 g/mol. The summed E-state index contributed by atoms with van der Waals surface area (Å²) in [5, 5.41) is 0.859. The molecule has 0 saturated heterocycles. The van der Waals surface area contributed by atoms with Gasteiger partial charge in [-0.2, -0.15) is 4.98 Å². The maximum atomic E-state index is 5.92. The smallest absolute Gasteiger partial charge is 0.233 e. The largest absolute Gasteiger partial charge is 0.490 e. The normalized spacial score (nSPS) is 10.8. The first-order chi connectivity index (χ1) is 10.2. The molecule has 2 heterocycles. The van der Waals surface area contributed by atoms with E-state index in [9.17, 15) is 0 Å². The number of rotatable bonds is 4. The van der Waals surface area contributed by atoms with Crippen LogP contribution in [0.5, 0.6) is 17.4 Å². The van der Waals surface area contributed by atoms with Gasteiger partial charge in [-0.05, 0) is 32.0 Å². The van der Waals surface area contributed by atoms with E-state index in [2.05, 4.69) is 9.97 Å². The lowest BCUT2D eigenvalue weighted by Crippen LogP contribution is -1.99. The van der Waals surface area contributed by atoms with Crippen molar-refractivity contribution in [3.8, 4) is 17.4 Å². The Labute approximate surface area is 126 Å². The van der Waals surface area contributed by atoms with Gasteiger partial charge in [0.15, 0.2) is 11.5 Å². The molecule has 2 N–H and O–H groups in total. The van der Waals surface area contributed by atoms with Gasteiger partial charge in [-0.25, -0.2) is 4.98 Å². The minimum absolute atomic E-state index is 0.202. The molecule has 0 fully saturated rings. The Kier molecular flexibility index (Phi) is 3.62. The van der Waals surface area contributed by atoms with Crippen LogP contribution in [-0.4, -0.2) is 16.6 Å². The summed E-state index contributed by atoms with van der Waals surface area (Å²) in [7, 11) is 0. The van der Waals surface area contributed by atoms with E-state index >= 15 is 0 Å². The highest BCUT2D eigenvalue weighted by molar-refractivity contribution is 7.18. The van der Waals surface area contributed by atoms with Gasteiger partial charge in [-0.3, -0.25) is 0 Å². The lowest BCUT2D eigenvalue weighted by atomic mass is 10.3. The molecule has 0 atom stereocenters. The Balaban J connectivity index is 2.05. The van der Waals surface area contributed by atoms with Crippen LogP contribution in [0.2, 0.25) is 0 Å². The van der Waals surface area contributed by atoms with Crippen molar-refractivity contribution >= 4 is 27.5 Å². The molecule has 0 spiro atoms. The minimum atomic E-state index is 0.202. The number of anilines is 1. The fourth-order valence-electron chi connectivity index (χ4n) is 2.02. The Morgan fingerprint density at radius 3 is 2.71 bits per heavy atom. The molecule has 5 nitrogen and oxygen atoms in total.